The lowest BCUT2D eigenvalue weighted by Crippen LogP contribution is -2.17. The van der Waals surface area contributed by atoms with Crippen LogP contribution in [0.5, 0.6) is 0 Å². The molecule has 5 rings (SSSR count). The fourth-order valence-corrected chi connectivity index (χ4v) is 3.77. The second-order valence-corrected chi connectivity index (χ2v) is 7.99. The Bertz CT molecular complexity index is 1190. The Kier molecular flexibility index (Phi) is 4.66. The second-order valence-electron chi connectivity index (χ2n) is 7.99. The zero-order chi connectivity index (χ0) is 21.5. The molecule has 1 aromatic heterocycles. The van der Waals surface area contributed by atoms with Gasteiger partial charge >= 0.3 is 5.97 Å². The molecule has 1 atom stereocenters. The lowest BCUT2D eigenvalue weighted by molar-refractivity contribution is -0.116. The third kappa shape index (κ3) is 3.63. The van der Waals surface area contributed by atoms with E-state index in [1.807, 2.05) is 30.3 Å². The van der Waals surface area contributed by atoms with Crippen LogP contribution in [0.15, 0.2) is 54.6 Å². The minimum atomic E-state index is -0.594. The normalized spacial score (nSPS) is 17.2. The Morgan fingerprint density at radius 2 is 1.90 bits per heavy atom. The third-order valence-corrected chi connectivity index (χ3v) is 5.76. The maximum absolute atomic E-state index is 12.8. The van der Waals surface area contributed by atoms with Crippen molar-refractivity contribution < 1.29 is 19.1 Å². The number of fused-ring (bicyclic) bond motifs is 1. The molecule has 3 aromatic rings. The van der Waals surface area contributed by atoms with Crippen LogP contribution in [0.1, 0.15) is 63.7 Å². The number of nitrogens with one attached hydrogen (secondary N) is 1. The topological polar surface area (TPSA) is 90.3 Å². The van der Waals surface area contributed by atoms with E-state index in [-0.39, 0.29) is 24.2 Å². The van der Waals surface area contributed by atoms with E-state index in [1.54, 1.807) is 35.9 Å². The van der Waals surface area contributed by atoms with Crippen LogP contribution in [0, 0.1) is 0 Å². The molecule has 2 aromatic carbocycles. The molecule has 7 nitrogen and oxygen atoms in total. The number of benzene rings is 2. The molecule has 7 heteroatoms. The van der Waals surface area contributed by atoms with Crippen molar-refractivity contribution in [2.45, 2.75) is 31.6 Å². The van der Waals surface area contributed by atoms with Gasteiger partial charge in [-0.15, -0.1) is 0 Å². The number of esters is 1. The Morgan fingerprint density at radius 1 is 1.13 bits per heavy atom. The molecule has 0 saturated heterocycles. The van der Waals surface area contributed by atoms with E-state index in [0.717, 1.165) is 29.8 Å². The lowest BCUT2D eigenvalue weighted by Gasteiger charge is -2.08. The van der Waals surface area contributed by atoms with Crippen LogP contribution in [0.25, 0.3) is 5.69 Å². The Labute approximate surface area is 179 Å². The number of ketones is 1. The molecular weight excluding hydrogens is 394 g/mol. The molecule has 0 unspecified atom stereocenters. The van der Waals surface area contributed by atoms with Crippen molar-refractivity contribution in [3.05, 3.63) is 77.1 Å². The summed E-state index contributed by atoms with van der Waals surface area (Å²) in [6, 6.07) is 16.2. The first-order valence-corrected chi connectivity index (χ1v) is 10.3. The molecule has 1 N–H and O–H groups in total. The SMILES string of the molecule is C[C@H]1C(=O)Nc2ccc(C(=O)COC(=O)c3cc(C4CC4)nn3-c3ccccc3)cc21. The summed E-state index contributed by atoms with van der Waals surface area (Å²) in [6.07, 6.45) is 2.12. The van der Waals surface area contributed by atoms with E-state index in [9.17, 15) is 14.4 Å². The minimum absolute atomic E-state index is 0.0910. The Balaban J connectivity index is 1.33. The maximum atomic E-state index is 12.8. The standard InChI is InChI=1S/C24H21N3O4/c1-14-18-11-16(9-10-19(18)25-23(14)29)22(28)13-31-24(30)21-12-20(15-7-8-15)26-27(21)17-5-3-2-4-6-17/h2-6,9-12,14-15H,7-8,13H2,1H3,(H,25,29)/t14-/m1/s1. The summed E-state index contributed by atoms with van der Waals surface area (Å²) >= 11 is 0. The van der Waals surface area contributed by atoms with E-state index in [1.165, 1.54) is 0 Å². The number of hydrogen-bond acceptors (Lipinski definition) is 5. The Hall–Kier alpha value is -3.74. The molecule has 1 amide bonds. The van der Waals surface area contributed by atoms with Crippen molar-refractivity contribution in [3.63, 3.8) is 0 Å². The number of amides is 1. The number of carbonyl (C=O) groups excluding carboxylic acids is 3. The quantitative estimate of drug-likeness (QED) is 0.488. The molecule has 1 saturated carbocycles. The van der Waals surface area contributed by atoms with Crippen LogP contribution in [0.2, 0.25) is 0 Å². The van der Waals surface area contributed by atoms with Crippen LogP contribution < -0.4 is 5.32 Å². The predicted molar refractivity (Wildman–Crippen MR) is 114 cm³/mol. The molecule has 2 aliphatic rings. The highest BCUT2D eigenvalue weighted by Gasteiger charge is 2.30. The van der Waals surface area contributed by atoms with E-state index < -0.39 is 5.97 Å². The summed E-state index contributed by atoms with van der Waals surface area (Å²) in [5.41, 5.74) is 3.83. The highest BCUT2D eigenvalue weighted by Crippen LogP contribution is 2.40. The van der Waals surface area contributed by atoms with Crippen molar-refractivity contribution in [1.29, 1.82) is 0 Å². The first-order chi connectivity index (χ1) is 15.0. The number of nitrogens with zero attached hydrogens (tertiary/aromatic N) is 2. The molecule has 0 bridgehead atoms. The number of para-hydroxylation sites is 1. The number of carbonyl (C=O) groups is 3. The van der Waals surface area contributed by atoms with Crippen molar-refractivity contribution >= 4 is 23.3 Å². The molecule has 0 radical (unpaired) electrons. The zero-order valence-corrected chi connectivity index (χ0v) is 17.0. The molecule has 31 heavy (non-hydrogen) atoms. The number of ether oxygens (including phenoxy) is 1. The second kappa shape index (κ2) is 7.50. The van der Waals surface area contributed by atoms with Crippen LogP contribution >= 0.6 is 0 Å². The monoisotopic (exact) mass is 415 g/mol. The van der Waals surface area contributed by atoms with Crippen LogP contribution in [0.3, 0.4) is 0 Å². The van der Waals surface area contributed by atoms with E-state index >= 15 is 0 Å². The number of aromatic nitrogens is 2. The van der Waals surface area contributed by atoms with Gasteiger partial charge in [-0.25, -0.2) is 9.48 Å². The minimum Gasteiger partial charge on any atom is -0.453 e. The fourth-order valence-electron chi connectivity index (χ4n) is 3.77. The zero-order valence-electron chi connectivity index (χ0n) is 17.0. The van der Waals surface area contributed by atoms with Gasteiger partial charge in [-0.1, -0.05) is 18.2 Å². The van der Waals surface area contributed by atoms with Crippen LogP contribution in [-0.4, -0.2) is 34.0 Å². The van der Waals surface area contributed by atoms with E-state index in [0.29, 0.717) is 22.9 Å². The Morgan fingerprint density at radius 3 is 2.65 bits per heavy atom. The molecule has 1 aliphatic heterocycles. The number of Topliss-reactive ketones (excluding diaryl/α,β-unsaturated/α-hetero) is 1. The molecule has 2 heterocycles. The summed E-state index contributed by atoms with van der Waals surface area (Å²) in [4.78, 5) is 37.3. The van der Waals surface area contributed by atoms with Gasteiger partial charge in [0.15, 0.2) is 18.1 Å². The number of hydrogen-bond donors (Lipinski definition) is 1. The van der Waals surface area contributed by atoms with Gasteiger partial charge in [0.05, 0.1) is 17.3 Å². The van der Waals surface area contributed by atoms with Crippen LogP contribution in [0.4, 0.5) is 5.69 Å². The van der Waals surface area contributed by atoms with Gasteiger partial charge in [0.2, 0.25) is 5.91 Å². The van der Waals surface area contributed by atoms with Crippen molar-refractivity contribution in [2.75, 3.05) is 11.9 Å². The van der Waals surface area contributed by atoms with Gasteiger partial charge in [0.25, 0.3) is 0 Å². The largest absolute Gasteiger partial charge is 0.453 e. The number of rotatable bonds is 6. The molecule has 1 aliphatic carbocycles. The van der Waals surface area contributed by atoms with E-state index in [2.05, 4.69) is 10.4 Å². The van der Waals surface area contributed by atoms with Gasteiger partial charge in [0.1, 0.15) is 0 Å². The molecular formula is C24H21N3O4. The predicted octanol–water partition coefficient (Wildman–Crippen LogP) is 3.85. The summed E-state index contributed by atoms with van der Waals surface area (Å²) in [6.45, 7) is 1.41. The highest BCUT2D eigenvalue weighted by molar-refractivity contribution is 6.05. The molecule has 0 spiro atoms. The average molecular weight is 415 g/mol. The third-order valence-electron chi connectivity index (χ3n) is 5.76. The van der Waals surface area contributed by atoms with E-state index in [4.69, 9.17) is 4.74 Å². The van der Waals surface area contributed by atoms with Crippen molar-refractivity contribution in [1.82, 2.24) is 9.78 Å². The molecule has 156 valence electrons. The fraction of sp³-hybridized carbons (Fsp3) is 0.250. The van der Waals surface area contributed by atoms with Gasteiger partial charge in [0, 0.05) is 17.2 Å². The van der Waals surface area contributed by atoms with Gasteiger partial charge in [-0.2, -0.15) is 5.10 Å². The van der Waals surface area contributed by atoms with Gasteiger partial charge < -0.3 is 10.1 Å². The van der Waals surface area contributed by atoms with Crippen molar-refractivity contribution in [3.8, 4) is 5.69 Å². The summed E-state index contributed by atoms with van der Waals surface area (Å²) < 4.78 is 6.93. The number of anilines is 1. The van der Waals surface area contributed by atoms with Gasteiger partial charge in [-0.3, -0.25) is 9.59 Å². The smallest absolute Gasteiger partial charge is 0.357 e. The van der Waals surface area contributed by atoms with Gasteiger partial charge in [-0.05, 0) is 61.7 Å². The molecule has 1 fully saturated rings. The highest BCUT2D eigenvalue weighted by atomic mass is 16.5. The van der Waals surface area contributed by atoms with Crippen LogP contribution in [-0.2, 0) is 9.53 Å². The summed E-state index contributed by atoms with van der Waals surface area (Å²) in [7, 11) is 0. The lowest BCUT2D eigenvalue weighted by atomic mass is 9.99. The van der Waals surface area contributed by atoms with Crippen molar-refractivity contribution in [2.24, 2.45) is 0 Å². The average Bonchev–Trinajstić information content (AvgIpc) is 3.48. The summed E-state index contributed by atoms with van der Waals surface area (Å²) in [5, 5.41) is 7.37. The maximum Gasteiger partial charge on any atom is 0.357 e. The summed E-state index contributed by atoms with van der Waals surface area (Å²) in [5.74, 6) is -0.945. The first-order valence-electron chi connectivity index (χ1n) is 10.3. The first kappa shape index (κ1) is 19.2.